The molecule has 1 N–H and O–H groups in total. The summed E-state index contributed by atoms with van der Waals surface area (Å²) in [6, 6.07) is 4.53. The van der Waals surface area contributed by atoms with E-state index in [1.807, 2.05) is 6.92 Å². The molecule has 0 aliphatic carbocycles. The lowest BCUT2D eigenvalue weighted by Gasteiger charge is -2.08. The Balaban J connectivity index is 2.25. The smallest absolute Gasteiger partial charge is 0.272 e. The fourth-order valence-corrected chi connectivity index (χ4v) is 2.21. The van der Waals surface area contributed by atoms with Crippen LogP contribution >= 0.6 is 15.9 Å². The highest BCUT2D eigenvalue weighted by Gasteiger charge is 2.13. The van der Waals surface area contributed by atoms with E-state index in [9.17, 15) is 13.6 Å². The molecule has 1 aromatic heterocycles. The largest absolute Gasteiger partial charge is 0.343 e. The van der Waals surface area contributed by atoms with Crippen molar-refractivity contribution < 1.29 is 13.6 Å². The number of nitrogens with one attached hydrogen (secondary N) is 1. The van der Waals surface area contributed by atoms with Gasteiger partial charge in [0.1, 0.15) is 17.3 Å². The van der Waals surface area contributed by atoms with Gasteiger partial charge in [0, 0.05) is 29.0 Å². The Morgan fingerprint density at radius 3 is 2.47 bits per heavy atom. The first-order chi connectivity index (χ1) is 8.99. The fraction of sp³-hybridized carbons (Fsp3) is 0.154. The van der Waals surface area contributed by atoms with Gasteiger partial charge >= 0.3 is 0 Å². The highest BCUT2D eigenvalue weighted by Crippen LogP contribution is 2.18. The van der Waals surface area contributed by atoms with E-state index < -0.39 is 17.5 Å². The first kappa shape index (κ1) is 13.7. The molecule has 0 spiro atoms. The molecule has 0 saturated heterocycles. The van der Waals surface area contributed by atoms with Crippen molar-refractivity contribution >= 4 is 27.5 Å². The summed E-state index contributed by atoms with van der Waals surface area (Å²) in [6.45, 7) is 2.51. The molecule has 0 aliphatic rings. The van der Waals surface area contributed by atoms with Crippen molar-refractivity contribution in [2.45, 2.75) is 13.5 Å². The molecule has 1 aromatic carbocycles. The van der Waals surface area contributed by atoms with Crippen LogP contribution in [0.3, 0.4) is 0 Å². The number of hydrogen-bond donors (Lipinski definition) is 1. The number of rotatable bonds is 3. The second-order valence-electron chi connectivity index (χ2n) is 3.94. The molecular weight excluding hydrogens is 318 g/mol. The monoisotopic (exact) mass is 328 g/mol. The molecular formula is C13H11BrF2N2O. The summed E-state index contributed by atoms with van der Waals surface area (Å²) in [4.78, 5) is 12.0. The van der Waals surface area contributed by atoms with Crippen molar-refractivity contribution in [3.8, 4) is 0 Å². The standard InChI is InChI=1S/C13H11BrF2N2O/c1-2-18-7-8(14)3-12(18)13(19)17-11-5-9(15)4-10(16)6-11/h3-7H,2H2,1H3,(H,17,19). The number of nitrogens with zero attached hydrogens (tertiary/aromatic N) is 1. The predicted molar refractivity (Wildman–Crippen MR) is 72.1 cm³/mol. The van der Waals surface area contributed by atoms with Crippen molar-refractivity contribution in [3.63, 3.8) is 0 Å². The van der Waals surface area contributed by atoms with Crippen molar-refractivity contribution in [2.24, 2.45) is 0 Å². The Bertz CT molecular complexity index is 605. The number of aryl methyl sites for hydroxylation is 1. The van der Waals surface area contributed by atoms with E-state index >= 15 is 0 Å². The van der Waals surface area contributed by atoms with Crippen LogP contribution in [0.1, 0.15) is 17.4 Å². The first-order valence-corrected chi connectivity index (χ1v) is 6.42. The van der Waals surface area contributed by atoms with E-state index in [1.165, 1.54) is 0 Å². The molecule has 0 bridgehead atoms. The average molecular weight is 329 g/mol. The molecule has 19 heavy (non-hydrogen) atoms. The number of benzene rings is 1. The molecule has 3 nitrogen and oxygen atoms in total. The zero-order valence-electron chi connectivity index (χ0n) is 10.1. The lowest BCUT2D eigenvalue weighted by molar-refractivity contribution is 0.101. The van der Waals surface area contributed by atoms with Crippen LogP contribution in [-0.4, -0.2) is 10.5 Å². The SMILES string of the molecule is CCn1cc(Br)cc1C(=O)Nc1cc(F)cc(F)c1. The van der Waals surface area contributed by atoms with E-state index in [2.05, 4.69) is 21.2 Å². The van der Waals surface area contributed by atoms with E-state index in [1.54, 1.807) is 16.8 Å². The lowest BCUT2D eigenvalue weighted by atomic mass is 10.3. The molecule has 0 saturated carbocycles. The van der Waals surface area contributed by atoms with E-state index in [4.69, 9.17) is 0 Å². The predicted octanol–water partition coefficient (Wildman–Crippen LogP) is 3.80. The normalized spacial score (nSPS) is 10.5. The Morgan fingerprint density at radius 2 is 1.89 bits per heavy atom. The van der Waals surface area contributed by atoms with Gasteiger partial charge in [-0.1, -0.05) is 0 Å². The Labute approximate surface area is 117 Å². The van der Waals surface area contributed by atoms with Gasteiger partial charge in [0.15, 0.2) is 0 Å². The summed E-state index contributed by atoms with van der Waals surface area (Å²) in [5.41, 5.74) is 0.501. The summed E-state index contributed by atoms with van der Waals surface area (Å²) in [6.07, 6.45) is 1.76. The topological polar surface area (TPSA) is 34.0 Å². The highest BCUT2D eigenvalue weighted by atomic mass is 79.9. The molecule has 0 fully saturated rings. The second-order valence-corrected chi connectivity index (χ2v) is 4.86. The van der Waals surface area contributed by atoms with Gasteiger partial charge in [-0.25, -0.2) is 8.78 Å². The van der Waals surface area contributed by atoms with Gasteiger partial charge in [-0.15, -0.1) is 0 Å². The van der Waals surface area contributed by atoms with Crippen LogP contribution in [0.5, 0.6) is 0 Å². The van der Waals surface area contributed by atoms with Crippen LogP contribution in [-0.2, 0) is 6.54 Å². The third kappa shape index (κ3) is 3.20. The number of amides is 1. The lowest BCUT2D eigenvalue weighted by Crippen LogP contribution is -2.16. The number of anilines is 1. The number of halogens is 3. The van der Waals surface area contributed by atoms with Crippen LogP contribution in [0, 0.1) is 11.6 Å². The van der Waals surface area contributed by atoms with Gasteiger partial charge in [-0.05, 0) is 41.1 Å². The number of carbonyl (C=O) groups excluding carboxylic acids is 1. The number of carbonyl (C=O) groups is 1. The summed E-state index contributed by atoms with van der Waals surface area (Å²) in [5.74, 6) is -1.89. The molecule has 1 amide bonds. The van der Waals surface area contributed by atoms with Crippen LogP contribution in [0.25, 0.3) is 0 Å². The van der Waals surface area contributed by atoms with E-state index in [0.717, 1.165) is 22.7 Å². The molecule has 2 rings (SSSR count). The van der Waals surface area contributed by atoms with E-state index in [0.29, 0.717) is 12.2 Å². The van der Waals surface area contributed by atoms with Crippen LogP contribution in [0.15, 0.2) is 34.9 Å². The van der Waals surface area contributed by atoms with Gasteiger partial charge in [-0.2, -0.15) is 0 Å². The first-order valence-electron chi connectivity index (χ1n) is 5.62. The van der Waals surface area contributed by atoms with Gasteiger partial charge in [-0.3, -0.25) is 4.79 Å². The maximum absolute atomic E-state index is 13.0. The third-order valence-corrected chi connectivity index (χ3v) is 2.99. The number of hydrogen-bond acceptors (Lipinski definition) is 1. The minimum atomic E-state index is -0.734. The van der Waals surface area contributed by atoms with Crippen molar-refractivity contribution in [2.75, 3.05) is 5.32 Å². The molecule has 0 unspecified atom stereocenters. The molecule has 1 heterocycles. The van der Waals surface area contributed by atoms with Gasteiger partial charge in [0.2, 0.25) is 0 Å². The van der Waals surface area contributed by atoms with Gasteiger partial charge in [0.05, 0.1) is 0 Å². The summed E-state index contributed by atoms with van der Waals surface area (Å²) in [5, 5.41) is 2.47. The fourth-order valence-electron chi connectivity index (χ4n) is 1.75. The summed E-state index contributed by atoms with van der Waals surface area (Å²) in [7, 11) is 0. The van der Waals surface area contributed by atoms with Crippen LogP contribution in [0.4, 0.5) is 14.5 Å². The third-order valence-electron chi connectivity index (χ3n) is 2.56. The molecule has 0 aliphatic heterocycles. The van der Waals surface area contributed by atoms with Gasteiger partial charge < -0.3 is 9.88 Å². The van der Waals surface area contributed by atoms with E-state index in [-0.39, 0.29) is 5.69 Å². The molecule has 2 aromatic rings. The Morgan fingerprint density at radius 1 is 1.26 bits per heavy atom. The van der Waals surface area contributed by atoms with Crippen molar-refractivity contribution in [1.82, 2.24) is 4.57 Å². The van der Waals surface area contributed by atoms with Crippen molar-refractivity contribution in [1.29, 1.82) is 0 Å². The maximum Gasteiger partial charge on any atom is 0.272 e. The minimum Gasteiger partial charge on any atom is -0.343 e. The Hall–Kier alpha value is -1.69. The second kappa shape index (κ2) is 5.52. The summed E-state index contributed by atoms with van der Waals surface area (Å²) < 4.78 is 28.6. The quantitative estimate of drug-likeness (QED) is 0.913. The molecule has 0 radical (unpaired) electrons. The molecule has 6 heteroatoms. The van der Waals surface area contributed by atoms with Gasteiger partial charge in [0.25, 0.3) is 5.91 Å². The average Bonchev–Trinajstić information content (AvgIpc) is 2.69. The Kier molecular flexibility index (Phi) is 3.99. The minimum absolute atomic E-state index is 0.0856. The molecule has 100 valence electrons. The number of aromatic nitrogens is 1. The zero-order chi connectivity index (χ0) is 14.0. The van der Waals surface area contributed by atoms with Crippen LogP contribution < -0.4 is 5.32 Å². The molecule has 0 atom stereocenters. The van der Waals surface area contributed by atoms with Crippen molar-refractivity contribution in [3.05, 3.63) is 52.3 Å². The maximum atomic E-state index is 13.0. The van der Waals surface area contributed by atoms with Crippen LogP contribution in [0.2, 0.25) is 0 Å². The summed E-state index contributed by atoms with van der Waals surface area (Å²) >= 11 is 3.28. The zero-order valence-corrected chi connectivity index (χ0v) is 11.7. The highest BCUT2D eigenvalue weighted by molar-refractivity contribution is 9.10.